The summed E-state index contributed by atoms with van der Waals surface area (Å²) < 4.78 is 0. The van der Waals surface area contributed by atoms with Crippen molar-refractivity contribution in [3.63, 3.8) is 0 Å². The van der Waals surface area contributed by atoms with Crippen LogP contribution < -0.4 is 5.32 Å². The zero-order chi connectivity index (χ0) is 19.6. The van der Waals surface area contributed by atoms with Crippen LogP contribution in [0.3, 0.4) is 0 Å². The van der Waals surface area contributed by atoms with E-state index in [1.165, 1.54) is 33.3 Å². The minimum atomic E-state index is 0. The molecule has 0 aliphatic carbocycles. The van der Waals surface area contributed by atoms with Crippen LogP contribution in [-0.4, -0.2) is 59.4 Å². The highest BCUT2D eigenvalue weighted by molar-refractivity contribution is 14.0. The third-order valence-electron chi connectivity index (χ3n) is 5.40. The van der Waals surface area contributed by atoms with Gasteiger partial charge in [0.15, 0.2) is 5.96 Å². The van der Waals surface area contributed by atoms with Crippen LogP contribution >= 0.6 is 24.0 Å². The van der Waals surface area contributed by atoms with E-state index in [4.69, 9.17) is 4.99 Å². The van der Waals surface area contributed by atoms with Crippen molar-refractivity contribution in [1.82, 2.24) is 20.1 Å². The summed E-state index contributed by atoms with van der Waals surface area (Å²) in [6.45, 7) is 14.7. The molecule has 2 heterocycles. The fourth-order valence-electron chi connectivity index (χ4n) is 3.73. The van der Waals surface area contributed by atoms with Crippen molar-refractivity contribution < 1.29 is 4.79 Å². The first kappa shape index (κ1) is 22.5. The van der Waals surface area contributed by atoms with Gasteiger partial charge in [-0.15, -0.1) is 24.0 Å². The Morgan fingerprint density at radius 1 is 1.14 bits per heavy atom. The van der Waals surface area contributed by atoms with Crippen molar-refractivity contribution >= 4 is 46.7 Å². The highest BCUT2D eigenvalue weighted by Crippen LogP contribution is 2.26. The Balaban J connectivity index is 0.00000280. The number of H-pyrrole nitrogens is 1. The van der Waals surface area contributed by atoms with Crippen LogP contribution in [0.1, 0.15) is 36.2 Å². The summed E-state index contributed by atoms with van der Waals surface area (Å²) >= 11 is 0. The summed E-state index contributed by atoms with van der Waals surface area (Å²) in [5.74, 6) is 1.08. The molecule has 0 spiro atoms. The smallest absolute Gasteiger partial charge is 0.219 e. The lowest BCUT2D eigenvalue weighted by atomic mass is 10.0. The Labute approximate surface area is 184 Å². The average Bonchev–Trinajstić information content (AvgIpc) is 2.93. The number of halogens is 1. The summed E-state index contributed by atoms with van der Waals surface area (Å²) in [6.07, 6.45) is 0. The van der Waals surface area contributed by atoms with Crippen LogP contribution in [0.15, 0.2) is 17.1 Å². The van der Waals surface area contributed by atoms with Gasteiger partial charge in [0, 0.05) is 50.7 Å². The predicted octanol–water partition coefficient (Wildman–Crippen LogP) is 3.34. The normalized spacial score (nSPS) is 15.0. The molecule has 1 fully saturated rings. The monoisotopic (exact) mass is 497 g/mol. The van der Waals surface area contributed by atoms with Gasteiger partial charge in [0.25, 0.3) is 0 Å². The first-order chi connectivity index (χ1) is 12.9. The number of piperazine rings is 1. The van der Waals surface area contributed by atoms with Crippen molar-refractivity contribution in [2.24, 2.45) is 4.99 Å². The van der Waals surface area contributed by atoms with Gasteiger partial charge >= 0.3 is 0 Å². The van der Waals surface area contributed by atoms with Crippen molar-refractivity contribution in [3.05, 3.63) is 34.5 Å². The topological polar surface area (TPSA) is 63.7 Å². The molecule has 0 saturated carbocycles. The maximum Gasteiger partial charge on any atom is 0.219 e. The number of aryl methyl sites for hydroxylation is 3. The molecular formula is C21H32IN5O. The van der Waals surface area contributed by atoms with Gasteiger partial charge in [-0.05, 0) is 44.9 Å². The van der Waals surface area contributed by atoms with E-state index in [1.807, 2.05) is 4.90 Å². The number of nitrogens with one attached hydrogen (secondary N) is 2. The highest BCUT2D eigenvalue weighted by atomic mass is 127. The van der Waals surface area contributed by atoms with Gasteiger partial charge in [0.1, 0.15) is 0 Å². The molecule has 0 atom stereocenters. The quantitative estimate of drug-likeness (QED) is 0.389. The second-order valence-electron chi connectivity index (χ2n) is 7.38. The maximum atomic E-state index is 11.6. The molecule has 3 rings (SSSR count). The van der Waals surface area contributed by atoms with Crippen molar-refractivity contribution in [3.8, 4) is 0 Å². The molecule has 154 valence electrons. The Morgan fingerprint density at radius 2 is 1.79 bits per heavy atom. The van der Waals surface area contributed by atoms with E-state index < -0.39 is 0 Å². The van der Waals surface area contributed by atoms with E-state index in [-0.39, 0.29) is 29.9 Å². The van der Waals surface area contributed by atoms with Crippen LogP contribution in [0.4, 0.5) is 0 Å². The Hall–Kier alpha value is -1.77. The molecule has 1 aliphatic heterocycles. The minimum Gasteiger partial charge on any atom is -0.358 e. The standard InChI is InChI=1S/C21H31N5O.HI/c1-6-22-21(26-9-7-25(8-10-26)17(5)27)23-13-18-11-14(2)12-19-15(3)16(4)24-20(18)19;/h11-12,24H,6-10,13H2,1-5H3,(H,22,23);1H. The van der Waals surface area contributed by atoms with Crippen LogP contribution in [0.5, 0.6) is 0 Å². The van der Waals surface area contributed by atoms with Crippen molar-refractivity contribution in [2.45, 2.75) is 41.2 Å². The molecule has 1 aromatic heterocycles. The predicted molar refractivity (Wildman–Crippen MR) is 127 cm³/mol. The summed E-state index contributed by atoms with van der Waals surface area (Å²) in [7, 11) is 0. The number of fused-ring (bicyclic) bond motifs is 1. The number of guanidine groups is 1. The molecule has 1 aromatic carbocycles. The number of aliphatic imine (C=N–C) groups is 1. The zero-order valence-electron chi connectivity index (χ0n) is 17.6. The summed E-state index contributed by atoms with van der Waals surface area (Å²) in [5.41, 5.74) is 6.20. The number of nitrogens with zero attached hydrogens (tertiary/aromatic N) is 3. The second-order valence-corrected chi connectivity index (χ2v) is 7.38. The van der Waals surface area contributed by atoms with Crippen LogP contribution in [0.2, 0.25) is 0 Å². The Bertz CT molecular complexity index is 865. The molecule has 28 heavy (non-hydrogen) atoms. The summed E-state index contributed by atoms with van der Waals surface area (Å²) in [5, 5.41) is 4.70. The lowest BCUT2D eigenvalue weighted by molar-refractivity contribution is -0.130. The maximum absolute atomic E-state index is 11.6. The average molecular weight is 497 g/mol. The summed E-state index contributed by atoms with van der Waals surface area (Å²) in [6, 6.07) is 4.46. The molecule has 6 nitrogen and oxygen atoms in total. The van der Waals surface area contributed by atoms with Gasteiger partial charge in [0.05, 0.1) is 12.1 Å². The number of benzene rings is 1. The number of hydrogen-bond donors (Lipinski definition) is 2. The molecule has 0 radical (unpaired) electrons. The molecule has 1 aliphatic rings. The van der Waals surface area contributed by atoms with E-state index in [0.29, 0.717) is 6.54 Å². The van der Waals surface area contributed by atoms with Gasteiger partial charge in [-0.25, -0.2) is 4.99 Å². The largest absolute Gasteiger partial charge is 0.358 e. The molecule has 2 aromatic rings. The minimum absolute atomic E-state index is 0. The van der Waals surface area contributed by atoms with Gasteiger partial charge in [-0.3, -0.25) is 4.79 Å². The third kappa shape index (κ3) is 4.79. The number of amides is 1. The molecular weight excluding hydrogens is 465 g/mol. The fourth-order valence-corrected chi connectivity index (χ4v) is 3.73. The first-order valence-corrected chi connectivity index (χ1v) is 9.77. The zero-order valence-corrected chi connectivity index (χ0v) is 19.9. The number of aromatic nitrogens is 1. The lowest BCUT2D eigenvalue weighted by Gasteiger charge is -2.36. The lowest BCUT2D eigenvalue weighted by Crippen LogP contribution is -2.53. The van der Waals surface area contributed by atoms with E-state index in [9.17, 15) is 4.79 Å². The van der Waals surface area contributed by atoms with Gasteiger partial charge in [-0.1, -0.05) is 11.6 Å². The number of carbonyl (C=O) groups excluding carboxylic acids is 1. The summed E-state index contributed by atoms with van der Waals surface area (Å²) in [4.78, 5) is 24.1. The second kappa shape index (κ2) is 9.62. The molecule has 0 bridgehead atoms. The van der Waals surface area contributed by atoms with E-state index in [0.717, 1.165) is 38.7 Å². The molecule has 7 heteroatoms. The molecule has 1 amide bonds. The molecule has 2 N–H and O–H groups in total. The van der Waals surface area contributed by atoms with Crippen molar-refractivity contribution in [1.29, 1.82) is 0 Å². The fraction of sp³-hybridized carbons (Fsp3) is 0.524. The van der Waals surface area contributed by atoms with Gasteiger partial charge in [0.2, 0.25) is 5.91 Å². The van der Waals surface area contributed by atoms with E-state index >= 15 is 0 Å². The van der Waals surface area contributed by atoms with E-state index in [2.05, 4.69) is 55.0 Å². The third-order valence-corrected chi connectivity index (χ3v) is 5.40. The number of hydrogen-bond acceptors (Lipinski definition) is 2. The SMILES string of the molecule is CCNC(=NCc1cc(C)cc2c(C)c(C)[nH]c12)N1CCN(C(C)=O)CC1.I. The Morgan fingerprint density at radius 3 is 2.39 bits per heavy atom. The Kier molecular flexibility index (Phi) is 7.74. The van der Waals surface area contributed by atoms with Crippen LogP contribution in [0, 0.1) is 20.8 Å². The highest BCUT2D eigenvalue weighted by Gasteiger charge is 2.21. The molecule has 0 unspecified atom stereocenters. The molecule has 1 saturated heterocycles. The number of aromatic amines is 1. The number of rotatable bonds is 3. The van der Waals surface area contributed by atoms with Gasteiger partial charge in [-0.2, -0.15) is 0 Å². The van der Waals surface area contributed by atoms with Crippen LogP contribution in [0.25, 0.3) is 10.9 Å². The van der Waals surface area contributed by atoms with Crippen LogP contribution in [-0.2, 0) is 11.3 Å². The van der Waals surface area contributed by atoms with E-state index in [1.54, 1.807) is 6.92 Å². The first-order valence-electron chi connectivity index (χ1n) is 9.77. The van der Waals surface area contributed by atoms with Crippen molar-refractivity contribution in [2.75, 3.05) is 32.7 Å². The number of carbonyl (C=O) groups is 1. The van der Waals surface area contributed by atoms with Gasteiger partial charge < -0.3 is 20.1 Å².